The summed E-state index contributed by atoms with van der Waals surface area (Å²) >= 11 is 0. The molecule has 0 spiro atoms. The molecule has 1 N–H and O–H groups in total. The highest BCUT2D eigenvalue weighted by molar-refractivity contribution is 5.89. The smallest absolute Gasteiger partial charge is 0.338 e. The van der Waals surface area contributed by atoms with Gasteiger partial charge in [-0.2, -0.15) is 0 Å². The lowest BCUT2D eigenvalue weighted by molar-refractivity contribution is 0.0526. The fraction of sp³-hybridized carbons (Fsp3) is 0.667. The highest BCUT2D eigenvalue weighted by atomic mass is 16.5. The van der Waals surface area contributed by atoms with Gasteiger partial charge >= 0.3 is 5.97 Å². The Morgan fingerprint density at radius 1 is 1.17 bits per heavy atom. The molecule has 1 atom stereocenters. The van der Waals surface area contributed by atoms with E-state index in [2.05, 4.69) is 33.0 Å². The minimum Gasteiger partial charge on any atom is -0.462 e. The molecule has 1 fully saturated rings. The summed E-state index contributed by atoms with van der Waals surface area (Å²) in [5, 5.41) is 3.76. The van der Waals surface area contributed by atoms with E-state index in [1.54, 1.807) is 0 Å². The van der Waals surface area contributed by atoms with Crippen LogP contribution in [0.3, 0.4) is 0 Å². The molecule has 0 heterocycles. The maximum atomic E-state index is 11.7. The molecule has 1 aromatic carbocycles. The number of esters is 1. The second-order valence-electron chi connectivity index (χ2n) is 8.15. The molecule has 0 saturated heterocycles. The average Bonchev–Trinajstić information content (AvgIpc) is 2.55. The highest BCUT2D eigenvalue weighted by Gasteiger charge is 2.30. The van der Waals surface area contributed by atoms with Gasteiger partial charge in [0.1, 0.15) is 0 Å². The molecule has 2 rings (SSSR count). The highest BCUT2D eigenvalue weighted by Crippen LogP contribution is 2.38. The SMILES string of the molecule is CCOC(=O)c1ccc(C(C)NC2CCC(C(C)(C)C)CC2)cc1. The largest absolute Gasteiger partial charge is 0.462 e. The number of benzene rings is 1. The number of nitrogens with one attached hydrogen (secondary N) is 1. The number of hydrogen-bond acceptors (Lipinski definition) is 3. The second-order valence-corrected chi connectivity index (χ2v) is 8.15. The molecular formula is C21H33NO2. The van der Waals surface area contributed by atoms with Crippen molar-refractivity contribution in [2.24, 2.45) is 11.3 Å². The summed E-state index contributed by atoms with van der Waals surface area (Å²) in [6.07, 6.45) is 5.14. The van der Waals surface area contributed by atoms with E-state index >= 15 is 0 Å². The van der Waals surface area contributed by atoms with Crippen molar-refractivity contribution in [1.29, 1.82) is 0 Å². The van der Waals surface area contributed by atoms with E-state index in [1.165, 1.54) is 31.2 Å². The van der Waals surface area contributed by atoms with Crippen molar-refractivity contribution >= 4 is 5.97 Å². The molecule has 1 saturated carbocycles. The van der Waals surface area contributed by atoms with Crippen LogP contribution in [0.5, 0.6) is 0 Å². The summed E-state index contributed by atoms with van der Waals surface area (Å²) in [7, 11) is 0. The Kier molecular flexibility index (Phi) is 6.45. The van der Waals surface area contributed by atoms with Crippen molar-refractivity contribution in [2.45, 2.75) is 72.4 Å². The predicted molar refractivity (Wildman–Crippen MR) is 99.2 cm³/mol. The van der Waals surface area contributed by atoms with Crippen LogP contribution in [-0.4, -0.2) is 18.6 Å². The van der Waals surface area contributed by atoms with Crippen LogP contribution in [-0.2, 0) is 4.74 Å². The summed E-state index contributed by atoms with van der Waals surface area (Å²) in [5.74, 6) is 0.597. The number of rotatable bonds is 5. The first-order chi connectivity index (χ1) is 11.3. The Labute approximate surface area is 147 Å². The lowest BCUT2D eigenvalue weighted by Gasteiger charge is -2.38. The maximum Gasteiger partial charge on any atom is 0.338 e. The lowest BCUT2D eigenvalue weighted by atomic mass is 9.71. The van der Waals surface area contributed by atoms with Gasteiger partial charge in [0.05, 0.1) is 12.2 Å². The third-order valence-corrected chi connectivity index (χ3v) is 5.36. The second kappa shape index (κ2) is 8.15. The molecule has 1 aromatic rings. The van der Waals surface area contributed by atoms with Crippen LogP contribution in [0, 0.1) is 11.3 Å². The van der Waals surface area contributed by atoms with Crippen LogP contribution < -0.4 is 5.32 Å². The van der Waals surface area contributed by atoms with Crippen LogP contribution in [0.1, 0.15) is 82.3 Å². The molecule has 1 aliphatic carbocycles. The third kappa shape index (κ3) is 5.07. The first-order valence-electron chi connectivity index (χ1n) is 9.34. The molecule has 1 unspecified atom stereocenters. The average molecular weight is 332 g/mol. The van der Waals surface area contributed by atoms with Gasteiger partial charge in [-0.25, -0.2) is 4.79 Å². The molecule has 3 heteroatoms. The number of carbonyl (C=O) groups excluding carboxylic acids is 1. The van der Waals surface area contributed by atoms with Crippen molar-refractivity contribution < 1.29 is 9.53 Å². The molecule has 0 bridgehead atoms. The monoisotopic (exact) mass is 331 g/mol. The summed E-state index contributed by atoms with van der Waals surface area (Å²) in [4.78, 5) is 11.7. The quantitative estimate of drug-likeness (QED) is 0.761. The van der Waals surface area contributed by atoms with Gasteiger partial charge in [-0.3, -0.25) is 0 Å². The lowest BCUT2D eigenvalue weighted by Crippen LogP contribution is -2.37. The summed E-state index contributed by atoms with van der Waals surface area (Å²) in [5.41, 5.74) is 2.28. The van der Waals surface area contributed by atoms with Gasteiger partial charge in [0.15, 0.2) is 0 Å². The van der Waals surface area contributed by atoms with E-state index in [-0.39, 0.29) is 5.97 Å². The molecule has 0 aromatic heterocycles. The Bertz CT molecular complexity index is 522. The Balaban J connectivity index is 1.87. The topological polar surface area (TPSA) is 38.3 Å². The first-order valence-corrected chi connectivity index (χ1v) is 9.34. The molecule has 0 aliphatic heterocycles. The zero-order valence-corrected chi connectivity index (χ0v) is 15.9. The van der Waals surface area contributed by atoms with E-state index in [1.807, 2.05) is 31.2 Å². The van der Waals surface area contributed by atoms with Gasteiger partial charge in [0.25, 0.3) is 0 Å². The zero-order chi connectivity index (χ0) is 17.7. The van der Waals surface area contributed by atoms with Gasteiger partial charge in [-0.05, 0) is 68.6 Å². The molecular weight excluding hydrogens is 298 g/mol. The minimum atomic E-state index is -0.245. The molecule has 1 aliphatic rings. The Morgan fingerprint density at radius 2 is 1.75 bits per heavy atom. The number of ether oxygens (including phenoxy) is 1. The minimum absolute atomic E-state index is 0.245. The van der Waals surface area contributed by atoms with E-state index in [9.17, 15) is 4.79 Å². The molecule has 0 amide bonds. The van der Waals surface area contributed by atoms with Gasteiger partial charge in [0, 0.05) is 12.1 Å². The predicted octanol–water partition coefficient (Wildman–Crippen LogP) is 5.12. The van der Waals surface area contributed by atoms with Crippen LogP contribution >= 0.6 is 0 Å². The van der Waals surface area contributed by atoms with Crippen molar-refractivity contribution in [3.8, 4) is 0 Å². The maximum absolute atomic E-state index is 11.7. The standard InChI is InChI=1S/C21H33NO2/c1-6-24-20(23)17-9-7-16(8-10-17)15(2)22-19-13-11-18(12-14-19)21(3,4)5/h7-10,15,18-19,22H,6,11-14H2,1-5H3. The normalized spacial score (nSPS) is 22.9. The van der Waals surface area contributed by atoms with Crippen LogP contribution in [0.4, 0.5) is 0 Å². The summed E-state index contributed by atoms with van der Waals surface area (Å²) < 4.78 is 5.03. The Morgan fingerprint density at radius 3 is 2.25 bits per heavy atom. The fourth-order valence-corrected chi connectivity index (χ4v) is 3.70. The van der Waals surface area contributed by atoms with Crippen molar-refractivity contribution in [3.63, 3.8) is 0 Å². The van der Waals surface area contributed by atoms with E-state index in [0.29, 0.717) is 29.7 Å². The van der Waals surface area contributed by atoms with Gasteiger partial charge < -0.3 is 10.1 Å². The van der Waals surface area contributed by atoms with Gasteiger partial charge in [-0.1, -0.05) is 32.9 Å². The molecule has 134 valence electrons. The van der Waals surface area contributed by atoms with Crippen LogP contribution in [0.15, 0.2) is 24.3 Å². The molecule has 3 nitrogen and oxygen atoms in total. The van der Waals surface area contributed by atoms with Gasteiger partial charge in [0.2, 0.25) is 0 Å². The fourth-order valence-electron chi connectivity index (χ4n) is 3.70. The van der Waals surface area contributed by atoms with Crippen LogP contribution in [0.2, 0.25) is 0 Å². The third-order valence-electron chi connectivity index (χ3n) is 5.36. The number of carbonyl (C=O) groups is 1. The molecule has 0 radical (unpaired) electrons. The molecule has 24 heavy (non-hydrogen) atoms. The van der Waals surface area contributed by atoms with E-state index < -0.39 is 0 Å². The zero-order valence-electron chi connectivity index (χ0n) is 15.9. The van der Waals surface area contributed by atoms with Crippen molar-refractivity contribution in [1.82, 2.24) is 5.32 Å². The summed E-state index contributed by atoms with van der Waals surface area (Å²) in [6.45, 7) is 11.5. The van der Waals surface area contributed by atoms with Crippen LogP contribution in [0.25, 0.3) is 0 Å². The van der Waals surface area contributed by atoms with Gasteiger partial charge in [-0.15, -0.1) is 0 Å². The van der Waals surface area contributed by atoms with Crippen molar-refractivity contribution in [3.05, 3.63) is 35.4 Å². The van der Waals surface area contributed by atoms with E-state index in [0.717, 1.165) is 5.92 Å². The number of hydrogen-bond donors (Lipinski definition) is 1. The van der Waals surface area contributed by atoms with Crippen molar-refractivity contribution in [2.75, 3.05) is 6.61 Å². The summed E-state index contributed by atoms with van der Waals surface area (Å²) in [6, 6.07) is 8.69. The first kappa shape index (κ1) is 19.0. The van der Waals surface area contributed by atoms with E-state index in [4.69, 9.17) is 4.74 Å². The Hall–Kier alpha value is -1.35.